The molecule has 1 radical (unpaired) electrons. The molecule has 53 valence electrons. The van der Waals surface area contributed by atoms with Gasteiger partial charge in [0.05, 0.1) is 0 Å². The first-order chi connectivity index (χ1) is 2.83. The zero-order valence-corrected chi connectivity index (χ0v) is 4.53. The van der Waals surface area contributed by atoms with Crippen LogP contribution in [0, 0.1) is 0 Å². The fourth-order valence-corrected chi connectivity index (χ4v) is 0. The van der Waals surface area contributed by atoms with Crippen molar-refractivity contribution in [2.45, 2.75) is 0 Å². The molecule has 0 spiro atoms. The second kappa shape index (κ2) is 93.6. The number of rotatable bonds is 0. The van der Waals surface area contributed by atoms with Crippen molar-refractivity contribution in [2.75, 3.05) is 0 Å². The van der Waals surface area contributed by atoms with E-state index in [0.717, 1.165) is 0 Å². The number of hydrogen-bond donors (Lipinski definition) is 0. The molecular weight excluding hydrogens is 168 g/mol. The van der Waals surface area contributed by atoms with Gasteiger partial charge in [-0.05, 0) is 0 Å². The number of carboxylic acid groups (broad SMARTS) is 2. The van der Waals surface area contributed by atoms with Crippen molar-refractivity contribution in [3.8, 4) is 0 Å². The summed E-state index contributed by atoms with van der Waals surface area (Å²) >= 11 is 0. The fourth-order valence-electron chi connectivity index (χ4n) is 0. The summed E-state index contributed by atoms with van der Waals surface area (Å²) < 4.78 is 0. The Morgan fingerprint density at radius 1 is 1.00 bits per heavy atom. The summed E-state index contributed by atoms with van der Waals surface area (Å²) in [6.45, 7) is -1.00. The van der Waals surface area contributed by atoms with Gasteiger partial charge in [-0.1, -0.05) is 0 Å². The summed E-state index contributed by atoms with van der Waals surface area (Å²) in [4.78, 5) is 16.5. The molecule has 0 fully saturated rings. The van der Waals surface area contributed by atoms with Crippen LogP contribution in [0.15, 0.2) is 0 Å². The van der Waals surface area contributed by atoms with E-state index in [1.54, 1.807) is 0 Å². The van der Waals surface area contributed by atoms with Gasteiger partial charge in [-0.25, -0.2) is 0 Å². The maximum Gasteiger partial charge on any atom is 2.00 e. The summed E-state index contributed by atoms with van der Waals surface area (Å²) in [6, 6.07) is 0. The minimum Gasteiger partial charge on any atom is -0.554 e. The van der Waals surface area contributed by atoms with Crippen molar-refractivity contribution in [2.24, 2.45) is 0 Å². The Morgan fingerprint density at radius 3 is 1.00 bits per heavy atom. The van der Waals surface area contributed by atoms with E-state index in [2.05, 4.69) is 0 Å². The van der Waals surface area contributed by atoms with Crippen LogP contribution < -0.4 is 10.2 Å². The molecule has 0 saturated heterocycles. The third kappa shape index (κ3) is 314. The summed E-state index contributed by atoms with van der Waals surface area (Å²) in [7, 11) is 0. The topological polar surface area (TPSA) is 112 Å². The van der Waals surface area contributed by atoms with E-state index in [1.807, 2.05) is 0 Å². The van der Waals surface area contributed by atoms with Crippen molar-refractivity contribution in [1.82, 2.24) is 0 Å². The third-order valence-corrected chi connectivity index (χ3v) is 0. The molecule has 0 rings (SSSR count). The van der Waals surface area contributed by atoms with Gasteiger partial charge in [-0.3, -0.25) is 0 Å². The van der Waals surface area contributed by atoms with Gasteiger partial charge in [0.1, 0.15) is 0 Å². The first kappa shape index (κ1) is 26.1. The van der Waals surface area contributed by atoms with Crippen molar-refractivity contribution >= 4 is 12.9 Å². The van der Waals surface area contributed by atoms with Crippen LogP contribution in [-0.2, 0) is 26.7 Å². The first-order valence-electron chi connectivity index (χ1n) is 0.943. The second-order valence-electron chi connectivity index (χ2n) is 0.192. The van der Waals surface area contributed by atoms with Crippen LogP contribution in [0.2, 0.25) is 0 Å². The SMILES string of the molecule is O.O=C[O-].O=C[O-].[Cu+2]. The summed E-state index contributed by atoms with van der Waals surface area (Å²) in [5.41, 5.74) is 0. The first-order valence-corrected chi connectivity index (χ1v) is 0.943. The van der Waals surface area contributed by atoms with Crippen LogP contribution >= 0.6 is 0 Å². The molecule has 6 heteroatoms. The molecule has 0 bridgehead atoms. The van der Waals surface area contributed by atoms with Gasteiger partial charge in [-0.2, -0.15) is 0 Å². The molecule has 0 heterocycles. The van der Waals surface area contributed by atoms with E-state index in [4.69, 9.17) is 19.8 Å². The van der Waals surface area contributed by atoms with Gasteiger partial charge in [0.15, 0.2) is 0 Å². The van der Waals surface area contributed by atoms with Gasteiger partial charge in [0.25, 0.3) is 0 Å². The average Bonchev–Trinajstić information content (AvgIpc) is 1.39. The van der Waals surface area contributed by atoms with E-state index in [1.165, 1.54) is 0 Å². The Balaban J connectivity index is -0.0000000160. The summed E-state index contributed by atoms with van der Waals surface area (Å²) in [6.07, 6.45) is 0. The van der Waals surface area contributed by atoms with E-state index >= 15 is 0 Å². The third-order valence-electron chi connectivity index (χ3n) is 0. The van der Waals surface area contributed by atoms with Gasteiger partial charge < -0.3 is 25.3 Å². The van der Waals surface area contributed by atoms with Gasteiger partial charge in [-0.15, -0.1) is 0 Å². The molecule has 8 heavy (non-hydrogen) atoms. The predicted octanol–water partition coefficient (Wildman–Crippen LogP) is -4.09. The summed E-state index contributed by atoms with van der Waals surface area (Å²) in [5, 5.41) is 16.5. The quantitative estimate of drug-likeness (QED) is 0.272. The standard InChI is InChI=1S/2CH2O2.Cu.H2O/c2*2-1-3;;/h2*1H,(H,2,3);;1H2/q;;+2;/p-2. The van der Waals surface area contributed by atoms with Crippen LogP contribution in [0.1, 0.15) is 0 Å². The van der Waals surface area contributed by atoms with E-state index < -0.39 is 12.9 Å². The number of hydrogen-bond acceptors (Lipinski definition) is 4. The average molecular weight is 172 g/mol. The molecule has 0 unspecified atom stereocenters. The van der Waals surface area contributed by atoms with Gasteiger partial charge >= 0.3 is 17.1 Å². The fraction of sp³-hybridized carbons (Fsp3) is 0. The van der Waals surface area contributed by atoms with E-state index in [-0.39, 0.29) is 22.5 Å². The van der Waals surface area contributed by atoms with Crippen LogP contribution in [-0.4, -0.2) is 18.4 Å². The molecule has 0 aromatic carbocycles. The maximum absolute atomic E-state index is 8.25. The zero-order valence-electron chi connectivity index (χ0n) is 3.59. The summed E-state index contributed by atoms with van der Waals surface area (Å²) in [5.74, 6) is 0. The molecule has 0 atom stereocenters. The largest absolute Gasteiger partial charge is 2.00 e. The maximum atomic E-state index is 8.25. The predicted molar refractivity (Wildman–Crippen MR) is 15.7 cm³/mol. The van der Waals surface area contributed by atoms with Gasteiger partial charge in [0, 0.05) is 12.9 Å². The van der Waals surface area contributed by atoms with Crippen LogP contribution in [0.4, 0.5) is 0 Å². The molecule has 0 amide bonds. The molecule has 0 aliphatic rings. The number of carbonyl (C=O) groups is 2. The minimum absolute atomic E-state index is 0. The van der Waals surface area contributed by atoms with Crippen molar-refractivity contribution in [3.63, 3.8) is 0 Å². The molecule has 0 aliphatic heterocycles. The Bertz CT molecular complexity index is 31.4. The number of carbonyl (C=O) groups excluding carboxylic acids is 2. The van der Waals surface area contributed by atoms with Crippen LogP contribution in [0.25, 0.3) is 0 Å². The van der Waals surface area contributed by atoms with Gasteiger partial charge in [0.2, 0.25) is 0 Å². The Hall–Kier alpha value is -0.581. The van der Waals surface area contributed by atoms with Crippen molar-refractivity contribution in [3.05, 3.63) is 0 Å². The normalized spacial score (nSPS) is 3.00. The smallest absolute Gasteiger partial charge is 0.554 e. The molecule has 0 saturated carbocycles. The molecule has 5 nitrogen and oxygen atoms in total. The van der Waals surface area contributed by atoms with E-state index in [0.29, 0.717) is 0 Å². The van der Waals surface area contributed by atoms with Crippen LogP contribution in [0.5, 0.6) is 0 Å². The molecule has 2 N–H and O–H groups in total. The monoisotopic (exact) mass is 171 g/mol. The Morgan fingerprint density at radius 2 is 1.00 bits per heavy atom. The molecule has 0 aromatic rings. The Labute approximate surface area is 56.1 Å². The second-order valence-corrected chi connectivity index (χ2v) is 0.192. The van der Waals surface area contributed by atoms with Crippen molar-refractivity contribution < 1.29 is 42.3 Å². The molecular formula is C2H4CuO5. The zero-order chi connectivity index (χ0) is 5.41. The minimum atomic E-state index is -0.500. The molecule has 0 aliphatic carbocycles. The Kier molecular flexibility index (Phi) is 306. The molecule has 0 aromatic heterocycles. The van der Waals surface area contributed by atoms with E-state index in [9.17, 15) is 0 Å². The van der Waals surface area contributed by atoms with Crippen molar-refractivity contribution in [1.29, 1.82) is 0 Å². The van der Waals surface area contributed by atoms with Crippen LogP contribution in [0.3, 0.4) is 0 Å².